The van der Waals surface area contributed by atoms with Crippen molar-refractivity contribution in [2.75, 3.05) is 10.2 Å². The van der Waals surface area contributed by atoms with Gasteiger partial charge in [0.1, 0.15) is 11.5 Å². The first-order chi connectivity index (χ1) is 18.0. The van der Waals surface area contributed by atoms with E-state index in [4.69, 9.17) is 16.0 Å². The molecule has 1 N–H and O–H groups in total. The van der Waals surface area contributed by atoms with Gasteiger partial charge in [0, 0.05) is 16.4 Å². The highest BCUT2D eigenvalue weighted by molar-refractivity contribution is 7.12. The van der Waals surface area contributed by atoms with Crippen molar-refractivity contribution in [3.8, 4) is 0 Å². The molecule has 1 fully saturated rings. The van der Waals surface area contributed by atoms with Crippen LogP contribution in [-0.4, -0.2) is 29.6 Å². The van der Waals surface area contributed by atoms with Gasteiger partial charge in [0.2, 0.25) is 11.7 Å². The van der Waals surface area contributed by atoms with E-state index >= 15 is 0 Å². The Balaban J connectivity index is 1.55. The zero-order chi connectivity index (χ0) is 25.3. The first kappa shape index (κ1) is 22.3. The van der Waals surface area contributed by atoms with Crippen LogP contribution in [-0.2, 0) is 10.2 Å². The molecule has 4 atom stereocenters. The average Bonchev–Trinajstić information content (AvgIpc) is 3.70. The fourth-order valence-corrected chi connectivity index (χ4v) is 7.17. The Kier molecular flexibility index (Phi) is 4.83. The fourth-order valence-electron chi connectivity index (χ4n) is 6.29. The number of carbonyl (C=O) groups excluding carboxylic acids is 3. The van der Waals surface area contributed by atoms with Gasteiger partial charge in [-0.25, -0.2) is 0 Å². The first-order valence-corrected chi connectivity index (χ1v) is 13.1. The zero-order valence-corrected chi connectivity index (χ0v) is 20.8. The number of rotatable bonds is 4. The van der Waals surface area contributed by atoms with Crippen molar-refractivity contribution in [2.24, 2.45) is 5.92 Å². The molecule has 8 heteroatoms. The summed E-state index contributed by atoms with van der Waals surface area (Å²) < 4.78 is 5.55. The molecule has 0 aliphatic carbocycles. The number of ketones is 2. The van der Waals surface area contributed by atoms with Crippen LogP contribution in [0.5, 0.6) is 0 Å². The highest BCUT2D eigenvalue weighted by Gasteiger charge is 2.70. The summed E-state index contributed by atoms with van der Waals surface area (Å²) in [5.41, 5.74) is 1.55. The number of carbonyl (C=O) groups is 3. The van der Waals surface area contributed by atoms with E-state index in [0.29, 0.717) is 21.2 Å². The normalized spacial score (nSPS) is 25.1. The summed E-state index contributed by atoms with van der Waals surface area (Å²) in [6.45, 7) is 0. The van der Waals surface area contributed by atoms with E-state index in [9.17, 15) is 14.4 Å². The number of nitrogens with zero attached hydrogens (tertiary/aromatic N) is 1. The summed E-state index contributed by atoms with van der Waals surface area (Å²) in [5.74, 6) is -1.84. The molecule has 3 aliphatic heterocycles. The molecule has 0 bridgehead atoms. The second-order valence-corrected chi connectivity index (χ2v) is 10.8. The minimum Gasteiger partial charge on any atom is -0.461 e. The maximum Gasteiger partial charge on any atom is 0.238 e. The minimum absolute atomic E-state index is 0.116. The molecular formula is C29H19ClN2O4S. The van der Waals surface area contributed by atoms with Gasteiger partial charge in [-0.3, -0.25) is 14.4 Å². The summed E-state index contributed by atoms with van der Waals surface area (Å²) in [4.78, 5) is 45.2. The van der Waals surface area contributed by atoms with Crippen molar-refractivity contribution in [3.05, 3.63) is 111 Å². The molecule has 1 saturated heterocycles. The number of nitrogens with one attached hydrogen (secondary N) is 1. The van der Waals surface area contributed by atoms with E-state index in [1.54, 1.807) is 24.3 Å². The molecule has 7 rings (SSSR count). The number of fused-ring (bicyclic) bond motifs is 6. The van der Waals surface area contributed by atoms with Crippen LogP contribution in [0.4, 0.5) is 11.4 Å². The number of Topliss-reactive ketones (excluding diaryl/α,β-unsaturated/α-hetero) is 2. The number of hydrogen-bond acceptors (Lipinski definition) is 6. The van der Waals surface area contributed by atoms with E-state index in [2.05, 4.69) is 5.32 Å². The third-order valence-corrected chi connectivity index (χ3v) is 8.79. The lowest BCUT2D eigenvalue weighted by Gasteiger charge is -2.37. The molecule has 6 nitrogen and oxygen atoms in total. The second kappa shape index (κ2) is 8.03. The number of anilines is 2. The molecule has 37 heavy (non-hydrogen) atoms. The molecule has 0 saturated carbocycles. The van der Waals surface area contributed by atoms with Gasteiger partial charge in [-0.1, -0.05) is 48.0 Å². The number of hydrogen-bond donors (Lipinski definition) is 1. The predicted molar refractivity (Wildman–Crippen MR) is 142 cm³/mol. The topological polar surface area (TPSA) is 79.6 Å². The highest BCUT2D eigenvalue weighted by Crippen LogP contribution is 2.58. The lowest BCUT2D eigenvalue weighted by molar-refractivity contribution is -0.121. The van der Waals surface area contributed by atoms with Gasteiger partial charge in [0.25, 0.3) is 0 Å². The Morgan fingerprint density at radius 2 is 1.89 bits per heavy atom. The Labute approximate surface area is 221 Å². The molecular weight excluding hydrogens is 508 g/mol. The van der Waals surface area contributed by atoms with E-state index in [1.165, 1.54) is 17.6 Å². The van der Waals surface area contributed by atoms with E-state index in [-0.39, 0.29) is 23.2 Å². The molecule has 2 aromatic carbocycles. The number of halogens is 1. The summed E-state index contributed by atoms with van der Waals surface area (Å²) in [5, 5.41) is 5.40. The SMILES string of the molecule is O=C(c1cccs1)[C@@H]1[C@H](C(=O)c2ccco2)[C@]2(C(=O)Nc3ccccc32)[C@@H]2C=Cc3cc(Cl)ccc3N12. The van der Waals surface area contributed by atoms with Crippen LogP contribution in [0, 0.1) is 5.92 Å². The summed E-state index contributed by atoms with van der Waals surface area (Å²) in [6.07, 6.45) is 5.27. The minimum atomic E-state index is -1.36. The Hall–Kier alpha value is -3.94. The lowest BCUT2D eigenvalue weighted by atomic mass is 9.64. The van der Waals surface area contributed by atoms with Gasteiger partial charge in [0.05, 0.1) is 23.1 Å². The summed E-state index contributed by atoms with van der Waals surface area (Å²) in [7, 11) is 0. The third kappa shape index (κ3) is 2.95. The van der Waals surface area contributed by atoms with Crippen LogP contribution < -0.4 is 10.2 Å². The van der Waals surface area contributed by atoms with E-state index in [1.807, 2.05) is 64.9 Å². The third-order valence-electron chi connectivity index (χ3n) is 7.67. The van der Waals surface area contributed by atoms with Crippen LogP contribution in [0.2, 0.25) is 5.02 Å². The monoisotopic (exact) mass is 526 g/mol. The van der Waals surface area contributed by atoms with Gasteiger partial charge in [-0.05, 0) is 59.0 Å². The van der Waals surface area contributed by atoms with Gasteiger partial charge in [0.15, 0.2) is 11.5 Å². The summed E-state index contributed by atoms with van der Waals surface area (Å²) in [6, 6.07) is 18.1. The largest absolute Gasteiger partial charge is 0.461 e. The molecule has 182 valence electrons. The lowest BCUT2D eigenvalue weighted by Crippen LogP contribution is -2.51. The molecule has 1 spiro atoms. The smallest absolute Gasteiger partial charge is 0.238 e. The van der Waals surface area contributed by atoms with Crippen LogP contribution >= 0.6 is 22.9 Å². The molecule has 0 radical (unpaired) electrons. The number of amides is 1. The predicted octanol–water partition coefficient (Wildman–Crippen LogP) is 5.85. The zero-order valence-electron chi connectivity index (χ0n) is 19.3. The first-order valence-electron chi connectivity index (χ1n) is 11.8. The van der Waals surface area contributed by atoms with Crippen molar-refractivity contribution in [1.82, 2.24) is 0 Å². The Morgan fingerprint density at radius 1 is 1.03 bits per heavy atom. The van der Waals surface area contributed by atoms with E-state index in [0.717, 1.165) is 11.3 Å². The standard InChI is InChI=1S/C29H19ClN2O4S/c30-17-10-11-20-16(15-17)9-12-23-29(18-5-1-2-6-19(18)31-28(29)35)24(26(33)21-7-3-13-36-21)25(32(20)23)27(34)22-8-4-14-37-22/h1-15,23-25H,(H,31,35)/t23-,24+,25-,29+/m0/s1. The van der Waals surface area contributed by atoms with Crippen molar-refractivity contribution < 1.29 is 18.8 Å². The van der Waals surface area contributed by atoms with Gasteiger partial charge in [-0.15, -0.1) is 11.3 Å². The van der Waals surface area contributed by atoms with Gasteiger partial charge >= 0.3 is 0 Å². The van der Waals surface area contributed by atoms with Crippen molar-refractivity contribution in [2.45, 2.75) is 17.5 Å². The van der Waals surface area contributed by atoms with Crippen LogP contribution in [0.1, 0.15) is 31.4 Å². The molecule has 2 aromatic heterocycles. The van der Waals surface area contributed by atoms with Gasteiger partial charge < -0.3 is 14.6 Å². The molecule has 1 amide bonds. The Morgan fingerprint density at radius 3 is 2.68 bits per heavy atom. The molecule has 3 aliphatic rings. The number of furan rings is 1. The van der Waals surface area contributed by atoms with Crippen LogP contribution in [0.25, 0.3) is 6.08 Å². The summed E-state index contributed by atoms with van der Waals surface area (Å²) >= 11 is 7.63. The average molecular weight is 527 g/mol. The van der Waals surface area contributed by atoms with Crippen LogP contribution in [0.15, 0.2) is 88.9 Å². The maximum absolute atomic E-state index is 14.3. The second-order valence-electron chi connectivity index (χ2n) is 9.39. The maximum atomic E-state index is 14.3. The number of benzene rings is 2. The van der Waals surface area contributed by atoms with Crippen molar-refractivity contribution in [3.63, 3.8) is 0 Å². The molecule has 5 heterocycles. The molecule has 4 aromatic rings. The van der Waals surface area contributed by atoms with Gasteiger partial charge in [-0.2, -0.15) is 0 Å². The van der Waals surface area contributed by atoms with E-state index < -0.39 is 23.4 Å². The molecule has 0 unspecified atom stereocenters. The Bertz CT molecular complexity index is 1610. The highest BCUT2D eigenvalue weighted by atomic mass is 35.5. The fraction of sp³-hybridized carbons (Fsp3) is 0.138. The van der Waals surface area contributed by atoms with Crippen molar-refractivity contribution in [1.29, 1.82) is 0 Å². The van der Waals surface area contributed by atoms with Crippen LogP contribution in [0.3, 0.4) is 0 Å². The quantitative estimate of drug-likeness (QED) is 0.337. The number of thiophene rings is 1. The number of para-hydroxylation sites is 1. The van der Waals surface area contributed by atoms with Crippen molar-refractivity contribution >= 4 is 57.9 Å².